The summed E-state index contributed by atoms with van der Waals surface area (Å²) in [7, 11) is 1.31. The average Bonchev–Trinajstić information content (AvgIpc) is 3.71. The maximum Gasteiger partial charge on any atom is 0.418 e. The first-order valence-electron chi connectivity index (χ1n) is 17.7. The fraction of sp³-hybridized carbons (Fsp3) is 0.556. The summed E-state index contributed by atoms with van der Waals surface area (Å²) >= 11 is 5.88. The molecule has 5 aliphatic heterocycles. The summed E-state index contributed by atoms with van der Waals surface area (Å²) in [5.41, 5.74) is -3.16. The number of rotatable bonds is 6. The number of morpholine rings is 1. The van der Waals surface area contributed by atoms with Gasteiger partial charge in [-0.05, 0) is 31.9 Å². The third-order valence-electron chi connectivity index (χ3n) is 10.5. The van der Waals surface area contributed by atoms with Gasteiger partial charge in [-0.3, -0.25) is 19.6 Å². The second kappa shape index (κ2) is 15.6. The topological polar surface area (TPSA) is 96.4 Å². The lowest BCUT2D eigenvalue weighted by atomic mass is 9.91. The summed E-state index contributed by atoms with van der Waals surface area (Å²) in [6, 6.07) is 3.93. The Hall–Kier alpha value is -3.70. The summed E-state index contributed by atoms with van der Waals surface area (Å²) < 4.78 is 86.5. The Morgan fingerprint density at radius 3 is 2.60 bits per heavy atom. The van der Waals surface area contributed by atoms with E-state index in [9.17, 15) is 22.4 Å². The van der Waals surface area contributed by atoms with Crippen LogP contribution < -0.4 is 9.64 Å². The van der Waals surface area contributed by atoms with Crippen molar-refractivity contribution >= 4 is 34.2 Å². The third kappa shape index (κ3) is 7.79. The van der Waals surface area contributed by atoms with E-state index in [1.807, 2.05) is 11.0 Å². The number of methoxy groups -OCH3 is 1. The standard InChI is InChI=1S/C29H29ClF4N6O4.C7H12FN/c1-42-27-36-25-19(14-35-24(23(25)31)18-4-2-5-20(30)22(18)29(32,33)34)26(37-27)39-8-9-40(28(15-39)16-44-17-28)21(41)6-3-7-38-10-12-43-13-11-38;8-6-4-7-2-1-3-9(7)5-6/h2-6,14H,7-13,15-17H2,1H3;6-7H,1-5H2/b6-3+;. The van der Waals surface area contributed by atoms with Crippen LogP contribution in [0.5, 0.6) is 6.01 Å². The Morgan fingerprint density at radius 1 is 1.11 bits per heavy atom. The van der Waals surface area contributed by atoms with E-state index in [0.29, 0.717) is 65.2 Å². The normalized spacial score (nSPS) is 23.3. The molecule has 17 heteroatoms. The molecular formula is C36H41ClF5N7O4. The van der Waals surface area contributed by atoms with Crippen LogP contribution in [-0.4, -0.2) is 139 Å². The average molecular weight is 766 g/mol. The monoisotopic (exact) mass is 765 g/mol. The summed E-state index contributed by atoms with van der Waals surface area (Å²) in [5, 5.41) is -0.392. The van der Waals surface area contributed by atoms with Gasteiger partial charge in [-0.1, -0.05) is 29.8 Å². The molecule has 5 aliphatic rings. The second-order valence-corrected chi connectivity index (χ2v) is 14.4. The predicted octanol–water partition coefficient (Wildman–Crippen LogP) is 5.01. The van der Waals surface area contributed by atoms with Gasteiger partial charge in [0.05, 0.1) is 49.5 Å². The van der Waals surface area contributed by atoms with Gasteiger partial charge in [0.15, 0.2) is 5.82 Å². The molecule has 1 spiro atoms. The number of halogens is 6. The minimum absolute atomic E-state index is 0.134. The molecule has 2 unspecified atom stereocenters. The van der Waals surface area contributed by atoms with Gasteiger partial charge in [0.25, 0.3) is 0 Å². The van der Waals surface area contributed by atoms with E-state index in [1.54, 1.807) is 11.0 Å². The number of fused-ring (bicyclic) bond motifs is 2. The molecule has 5 saturated heterocycles. The molecule has 7 heterocycles. The molecule has 0 bridgehead atoms. The van der Waals surface area contributed by atoms with Crippen molar-refractivity contribution in [3.8, 4) is 17.3 Å². The van der Waals surface area contributed by atoms with Crippen molar-refractivity contribution < 1.29 is 41.0 Å². The van der Waals surface area contributed by atoms with Gasteiger partial charge in [0.1, 0.15) is 28.7 Å². The van der Waals surface area contributed by atoms with Crippen molar-refractivity contribution in [2.24, 2.45) is 0 Å². The number of aromatic nitrogens is 3. The maximum atomic E-state index is 16.0. The van der Waals surface area contributed by atoms with Crippen molar-refractivity contribution in [2.75, 3.05) is 90.8 Å². The summed E-state index contributed by atoms with van der Waals surface area (Å²) in [6.07, 6.45) is 2.65. The number of amides is 1. The quantitative estimate of drug-likeness (QED) is 0.252. The molecule has 53 heavy (non-hydrogen) atoms. The molecule has 1 aromatic carbocycles. The highest BCUT2D eigenvalue weighted by atomic mass is 35.5. The Balaban J connectivity index is 0.000000418. The van der Waals surface area contributed by atoms with E-state index < -0.39 is 45.5 Å². The predicted molar refractivity (Wildman–Crippen MR) is 187 cm³/mol. The van der Waals surface area contributed by atoms with Crippen molar-refractivity contribution in [2.45, 2.75) is 43.2 Å². The molecule has 2 atom stereocenters. The Bertz CT molecular complexity index is 1830. The van der Waals surface area contributed by atoms with E-state index in [-0.39, 0.29) is 28.6 Å². The van der Waals surface area contributed by atoms with E-state index in [4.69, 9.17) is 25.8 Å². The molecule has 286 valence electrons. The number of benzene rings is 1. The van der Waals surface area contributed by atoms with Gasteiger partial charge >= 0.3 is 12.2 Å². The number of ether oxygens (including phenoxy) is 3. The first-order chi connectivity index (χ1) is 25.5. The number of carbonyl (C=O) groups excluding carboxylic acids is 1. The number of hydrogen-bond donors (Lipinski definition) is 0. The van der Waals surface area contributed by atoms with Gasteiger partial charge in [0.2, 0.25) is 5.91 Å². The molecule has 0 N–H and O–H groups in total. The molecule has 0 aliphatic carbocycles. The van der Waals surface area contributed by atoms with E-state index in [1.165, 1.54) is 32.2 Å². The van der Waals surface area contributed by atoms with E-state index >= 15 is 4.39 Å². The Kier molecular flexibility index (Phi) is 11.1. The molecule has 2 aromatic heterocycles. The van der Waals surface area contributed by atoms with Crippen LogP contribution in [0.25, 0.3) is 22.2 Å². The van der Waals surface area contributed by atoms with Crippen LogP contribution in [-0.2, 0) is 20.4 Å². The highest BCUT2D eigenvalue weighted by Gasteiger charge is 2.50. The van der Waals surface area contributed by atoms with E-state index in [2.05, 4.69) is 24.8 Å². The molecule has 1 amide bonds. The number of hydrogen-bond acceptors (Lipinski definition) is 10. The molecule has 0 radical (unpaired) electrons. The van der Waals surface area contributed by atoms with Crippen LogP contribution in [0.1, 0.15) is 24.8 Å². The first kappa shape index (κ1) is 37.6. The number of alkyl halides is 4. The molecule has 8 rings (SSSR count). The zero-order chi connectivity index (χ0) is 37.3. The van der Waals surface area contributed by atoms with Gasteiger partial charge < -0.3 is 24.0 Å². The largest absolute Gasteiger partial charge is 0.467 e. The Morgan fingerprint density at radius 2 is 1.91 bits per heavy atom. The minimum atomic E-state index is -4.85. The smallest absolute Gasteiger partial charge is 0.418 e. The molecule has 3 aromatic rings. The van der Waals surface area contributed by atoms with Crippen LogP contribution in [0.3, 0.4) is 0 Å². The van der Waals surface area contributed by atoms with Crippen LogP contribution in [0.4, 0.5) is 27.8 Å². The lowest BCUT2D eigenvalue weighted by molar-refractivity contribution is -0.164. The fourth-order valence-corrected chi connectivity index (χ4v) is 8.12. The number of anilines is 1. The van der Waals surface area contributed by atoms with Gasteiger partial charge in [-0.25, -0.2) is 8.78 Å². The third-order valence-corrected chi connectivity index (χ3v) is 10.8. The van der Waals surface area contributed by atoms with Gasteiger partial charge in [-0.2, -0.15) is 23.1 Å². The SMILES string of the molecule is COc1nc(N2CCN(C(=O)/C=C/CN3CCOCC3)C3(COC3)C2)c2cnc(-c3cccc(Cl)c3C(F)(F)F)c(F)c2n1.FC1CC2CCCN2C1. The van der Waals surface area contributed by atoms with Gasteiger partial charge in [0, 0.05) is 69.7 Å². The summed E-state index contributed by atoms with van der Waals surface area (Å²) in [4.78, 5) is 34.1. The number of nitrogens with zero attached hydrogens (tertiary/aromatic N) is 7. The zero-order valence-corrected chi connectivity index (χ0v) is 30.0. The first-order valence-corrected chi connectivity index (χ1v) is 18.1. The lowest BCUT2D eigenvalue weighted by Gasteiger charge is -2.55. The van der Waals surface area contributed by atoms with Crippen LogP contribution in [0, 0.1) is 5.82 Å². The van der Waals surface area contributed by atoms with Crippen LogP contribution in [0.2, 0.25) is 5.02 Å². The molecular weight excluding hydrogens is 725 g/mol. The van der Waals surface area contributed by atoms with Crippen molar-refractivity contribution in [3.05, 3.63) is 53.0 Å². The molecule has 0 saturated carbocycles. The van der Waals surface area contributed by atoms with E-state index in [0.717, 1.165) is 38.2 Å². The van der Waals surface area contributed by atoms with Crippen molar-refractivity contribution in [3.63, 3.8) is 0 Å². The highest BCUT2D eigenvalue weighted by molar-refractivity contribution is 6.31. The molecule has 5 fully saturated rings. The van der Waals surface area contributed by atoms with Crippen LogP contribution in [0.15, 0.2) is 36.5 Å². The number of pyridine rings is 1. The number of piperazine rings is 1. The Labute approximate surface area is 308 Å². The maximum absolute atomic E-state index is 16.0. The highest BCUT2D eigenvalue weighted by Crippen LogP contribution is 2.43. The van der Waals surface area contributed by atoms with Crippen LogP contribution >= 0.6 is 11.6 Å². The number of carbonyl (C=O) groups is 1. The zero-order valence-electron chi connectivity index (χ0n) is 29.3. The van der Waals surface area contributed by atoms with Crippen molar-refractivity contribution in [1.29, 1.82) is 0 Å². The molecule has 11 nitrogen and oxygen atoms in total. The second-order valence-electron chi connectivity index (χ2n) is 13.9. The fourth-order valence-electron chi connectivity index (χ4n) is 7.84. The summed E-state index contributed by atoms with van der Waals surface area (Å²) in [5.74, 6) is -0.919. The summed E-state index contributed by atoms with van der Waals surface area (Å²) in [6.45, 7) is 7.07. The van der Waals surface area contributed by atoms with Crippen molar-refractivity contribution in [1.82, 2.24) is 29.7 Å². The minimum Gasteiger partial charge on any atom is -0.467 e. The van der Waals surface area contributed by atoms with Gasteiger partial charge in [-0.15, -0.1) is 0 Å². The lowest BCUT2D eigenvalue weighted by Crippen LogP contribution is -2.72.